The van der Waals surface area contributed by atoms with Crippen LogP contribution < -0.4 is 4.74 Å². The summed E-state index contributed by atoms with van der Waals surface area (Å²) >= 11 is 0. The summed E-state index contributed by atoms with van der Waals surface area (Å²) in [5.41, 5.74) is 0.575. The second-order valence-corrected chi connectivity index (χ2v) is 6.16. The molecule has 7 heteroatoms. The third-order valence-electron chi connectivity index (χ3n) is 4.58. The summed E-state index contributed by atoms with van der Waals surface area (Å²) in [6.45, 7) is 0.850. The monoisotopic (exact) mass is 357 g/mol. The molecule has 0 bridgehead atoms. The number of Topliss-reactive ketones (excluding diaryl/α,β-unsaturated/α-hetero) is 1. The number of ketones is 1. The highest BCUT2D eigenvalue weighted by atomic mass is 16.5. The Morgan fingerprint density at radius 3 is 2.31 bits per heavy atom. The van der Waals surface area contributed by atoms with Crippen molar-refractivity contribution in [3.05, 3.63) is 53.5 Å². The van der Waals surface area contributed by atoms with Crippen molar-refractivity contribution >= 4 is 17.7 Å². The van der Waals surface area contributed by atoms with Gasteiger partial charge in [0.05, 0.1) is 12.7 Å². The molecule has 1 aliphatic rings. The topological polar surface area (TPSA) is 97.0 Å². The number of amides is 1. The van der Waals surface area contributed by atoms with Gasteiger partial charge in [0.1, 0.15) is 12.0 Å². The molecular formula is C19H19NO6. The number of carbonyl (C=O) groups is 3. The van der Waals surface area contributed by atoms with Crippen LogP contribution in [0.1, 0.15) is 44.1 Å². The number of likely N-dealkylation sites (tertiary alicyclic amines) is 1. The second-order valence-electron chi connectivity index (χ2n) is 6.16. The highest BCUT2D eigenvalue weighted by Crippen LogP contribution is 2.24. The molecule has 1 amide bonds. The lowest BCUT2D eigenvalue weighted by Gasteiger charge is -2.30. The lowest BCUT2D eigenvalue weighted by Crippen LogP contribution is -2.40. The van der Waals surface area contributed by atoms with E-state index in [1.807, 2.05) is 0 Å². The van der Waals surface area contributed by atoms with Gasteiger partial charge in [-0.2, -0.15) is 0 Å². The van der Waals surface area contributed by atoms with Crippen LogP contribution in [0.3, 0.4) is 0 Å². The van der Waals surface area contributed by atoms with Gasteiger partial charge in [0.25, 0.3) is 5.91 Å². The molecule has 2 aromatic rings. The summed E-state index contributed by atoms with van der Waals surface area (Å²) in [5, 5.41) is 8.90. The van der Waals surface area contributed by atoms with E-state index in [2.05, 4.69) is 0 Å². The average Bonchev–Trinajstić information content (AvgIpc) is 3.17. The summed E-state index contributed by atoms with van der Waals surface area (Å²) in [4.78, 5) is 37.5. The molecule has 7 nitrogen and oxygen atoms in total. The Morgan fingerprint density at radius 1 is 1.12 bits per heavy atom. The molecule has 3 rings (SSSR count). The zero-order chi connectivity index (χ0) is 18.7. The van der Waals surface area contributed by atoms with Crippen LogP contribution in [0.2, 0.25) is 0 Å². The molecule has 1 aromatic heterocycles. The Kier molecular flexibility index (Phi) is 5.06. The van der Waals surface area contributed by atoms with Crippen LogP contribution in [0, 0.1) is 5.92 Å². The number of nitrogens with zero attached hydrogens (tertiary/aromatic N) is 1. The molecule has 0 radical (unpaired) electrons. The van der Waals surface area contributed by atoms with Gasteiger partial charge in [0, 0.05) is 30.6 Å². The Labute approximate surface area is 150 Å². The van der Waals surface area contributed by atoms with Gasteiger partial charge in [-0.1, -0.05) is 0 Å². The summed E-state index contributed by atoms with van der Waals surface area (Å²) in [5.74, 6) is -0.877. The molecule has 0 unspecified atom stereocenters. The van der Waals surface area contributed by atoms with Gasteiger partial charge in [-0.15, -0.1) is 0 Å². The van der Waals surface area contributed by atoms with E-state index in [-0.39, 0.29) is 28.9 Å². The number of piperidine rings is 1. The van der Waals surface area contributed by atoms with Crippen molar-refractivity contribution in [3.63, 3.8) is 0 Å². The van der Waals surface area contributed by atoms with Gasteiger partial charge in [0.2, 0.25) is 0 Å². The number of benzene rings is 1. The molecule has 0 atom stereocenters. The molecule has 1 saturated heterocycles. The molecule has 1 fully saturated rings. The number of furan rings is 1. The Morgan fingerprint density at radius 2 is 1.77 bits per heavy atom. The number of aromatic carboxylic acids is 1. The van der Waals surface area contributed by atoms with Gasteiger partial charge < -0.3 is 19.2 Å². The summed E-state index contributed by atoms with van der Waals surface area (Å²) < 4.78 is 10.1. The minimum Gasteiger partial charge on any atom is -0.497 e. The highest BCUT2D eigenvalue weighted by molar-refractivity contribution is 5.98. The maximum atomic E-state index is 12.6. The number of hydrogen-bond donors (Lipinski definition) is 1. The Bertz CT molecular complexity index is 815. The van der Waals surface area contributed by atoms with Crippen LogP contribution in [0.5, 0.6) is 5.75 Å². The number of carboxylic acid groups (broad SMARTS) is 1. The fraction of sp³-hybridized carbons (Fsp3) is 0.316. The average molecular weight is 357 g/mol. The van der Waals surface area contributed by atoms with Crippen LogP contribution in [0.25, 0.3) is 0 Å². The van der Waals surface area contributed by atoms with Crippen molar-refractivity contribution in [2.45, 2.75) is 12.8 Å². The zero-order valence-corrected chi connectivity index (χ0v) is 14.3. The van der Waals surface area contributed by atoms with Gasteiger partial charge in [-0.05, 0) is 37.1 Å². The molecule has 0 spiro atoms. The van der Waals surface area contributed by atoms with Gasteiger partial charge >= 0.3 is 5.97 Å². The maximum absolute atomic E-state index is 12.6. The van der Waals surface area contributed by atoms with E-state index in [0.29, 0.717) is 37.2 Å². The van der Waals surface area contributed by atoms with Gasteiger partial charge in [-0.3, -0.25) is 9.59 Å². The molecule has 0 aliphatic carbocycles. The quantitative estimate of drug-likeness (QED) is 0.827. The summed E-state index contributed by atoms with van der Waals surface area (Å²) in [6, 6.07) is 8.22. The fourth-order valence-corrected chi connectivity index (χ4v) is 3.05. The SMILES string of the molecule is COc1ccc(C(=O)C2CCN(C(=O)c3cc(C(=O)O)co3)CC2)cc1. The number of ether oxygens (including phenoxy) is 1. The fourth-order valence-electron chi connectivity index (χ4n) is 3.05. The number of methoxy groups -OCH3 is 1. The molecule has 1 aliphatic heterocycles. The lowest BCUT2D eigenvalue weighted by atomic mass is 9.89. The second kappa shape index (κ2) is 7.43. The van der Waals surface area contributed by atoms with E-state index < -0.39 is 5.97 Å². The van der Waals surface area contributed by atoms with Crippen LogP contribution in [0.15, 0.2) is 41.0 Å². The normalized spacial score (nSPS) is 14.9. The van der Waals surface area contributed by atoms with E-state index in [1.54, 1.807) is 36.3 Å². The predicted molar refractivity (Wildman–Crippen MR) is 91.6 cm³/mol. The first-order valence-corrected chi connectivity index (χ1v) is 8.29. The summed E-state index contributed by atoms with van der Waals surface area (Å²) in [6.07, 6.45) is 2.17. The van der Waals surface area contributed by atoms with Crippen molar-refractivity contribution in [3.8, 4) is 5.75 Å². The molecule has 136 valence electrons. The third kappa shape index (κ3) is 3.61. The van der Waals surface area contributed by atoms with Crippen molar-refractivity contribution < 1.29 is 28.6 Å². The molecule has 1 aromatic carbocycles. The summed E-state index contributed by atoms with van der Waals surface area (Å²) in [7, 11) is 1.57. The molecule has 0 saturated carbocycles. The zero-order valence-electron chi connectivity index (χ0n) is 14.3. The first-order chi connectivity index (χ1) is 12.5. The van der Waals surface area contributed by atoms with E-state index in [9.17, 15) is 14.4 Å². The van der Waals surface area contributed by atoms with Crippen LogP contribution in [-0.2, 0) is 0 Å². The molecular weight excluding hydrogens is 338 g/mol. The first-order valence-electron chi connectivity index (χ1n) is 8.29. The Balaban J connectivity index is 1.60. The van der Waals surface area contributed by atoms with E-state index in [1.165, 1.54) is 6.07 Å². The number of rotatable bonds is 5. The standard InChI is InChI=1S/C19H19NO6/c1-25-15-4-2-12(3-5-15)17(21)13-6-8-20(9-7-13)18(22)16-10-14(11-26-16)19(23)24/h2-5,10-11,13H,6-9H2,1H3,(H,23,24). The minimum atomic E-state index is -1.14. The van der Waals surface area contributed by atoms with Crippen LogP contribution in [-0.4, -0.2) is 47.9 Å². The maximum Gasteiger partial charge on any atom is 0.338 e. The number of carbonyl (C=O) groups excluding carboxylic acids is 2. The van der Waals surface area contributed by atoms with Crippen LogP contribution >= 0.6 is 0 Å². The van der Waals surface area contributed by atoms with Crippen molar-refractivity contribution in [2.24, 2.45) is 5.92 Å². The number of carboxylic acids is 1. The highest BCUT2D eigenvalue weighted by Gasteiger charge is 2.29. The Hall–Kier alpha value is -3.09. The van der Waals surface area contributed by atoms with Crippen molar-refractivity contribution in [1.82, 2.24) is 4.90 Å². The molecule has 2 heterocycles. The molecule has 1 N–H and O–H groups in total. The van der Waals surface area contributed by atoms with Crippen molar-refractivity contribution in [2.75, 3.05) is 20.2 Å². The smallest absolute Gasteiger partial charge is 0.338 e. The first kappa shape index (κ1) is 17.7. The van der Waals surface area contributed by atoms with Crippen molar-refractivity contribution in [1.29, 1.82) is 0 Å². The van der Waals surface area contributed by atoms with E-state index >= 15 is 0 Å². The molecule has 26 heavy (non-hydrogen) atoms. The lowest BCUT2D eigenvalue weighted by molar-refractivity contribution is 0.0624. The largest absolute Gasteiger partial charge is 0.497 e. The van der Waals surface area contributed by atoms with Crippen LogP contribution in [0.4, 0.5) is 0 Å². The van der Waals surface area contributed by atoms with Gasteiger partial charge in [0.15, 0.2) is 11.5 Å². The number of hydrogen-bond acceptors (Lipinski definition) is 5. The predicted octanol–water partition coefficient (Wildman–Crippen LogP) is 2.72. The third-order valence-corrected chi connectivity index (χ3v) is 4.58. The minimum absolute atomic E-state index is 0.00216. The van der Waals surface area contributed by atoms with E-state index in [4.69, 9.17) is 14.3 Å². The van der Waals surface area contributed by atoms with Gasteiger partial charge in [-0.25, -0.2) is 4.79 Å². The van der Waals surface area contributed by atoms with E-state index in [0.717, 1.165) is 6.26 Å².